The van der Waals surface area contributed by atoms with Crippen molar-refractivity contribution in [3.63, 3.8) is 0 Å². The molecule has 2 rings (SSSR count). The Kier molecular flexibility index (Phi) is 9.63. The Hall–Kier alpha value is -2.76. The van der Waals surface area contributed by atoms with Crippen LogP contribution >= 0.6 is 0 Å². The molecule has 0 saturated heterocycles. The quantitative estimate of drug-likeness (QED) is 0.379. The molecule has 0 fully saturated rings. The lowest BCUT2D eigenvalue weighted by Crippen LogP contribution is -2.09. The average molecular weight is 433 g/mol. The normalized spacial score (nSPS) is 10.7. The first-order chi connectivity index (χ1) is 15.0. The fourth-order valence-electron chi connectivity index (χ4n) is 3.29. The Morgan fingerprint density at radius 3 is 1.45 bits per heavy atom. The zero-order valence-electron chi connectivity index (χ0n) is 19.9. The number of rotatable bonds is 13. The van der Waals surface area contributed by atoms with Crippen LogP contribution in [0.25, 0.3) is 11.1 Å². The maximum Gasteiger partial charge on any atom is 0.211 e. The van der Waals surface area contributed by atoms with Gasteiger partial charge in [-0.05, 0) is 66.2 Å². The van der Waals surface area contributed by atoms with Gasteiger partial charge < -0.3 is 28.4 Å². The van der Waals surface area contributed by atoms with E-state index in [1.54, 1.807) is 0 Å². The summed E-state index contributed by atoms with van der Waals surface area (Å²) < 4.78 is 36.2. The van der Waals surface area contributed by atoms with Crippen LogP contribution < -0.4 is 28.4 Å². The molecule has 6 heteroatoms. The highest BCUT2D eigenvalue weighted by molar-refractivity contribution is 5.87. The fraction of sp³-hybridized carbons (Fsp3) is 0.520. The molecule has 0 aliphatic rings. The molecule has 0 heterocycles. The van der Waals surface area contributed by atoms with Crippen LogP contribution in [0.1, 0.15) is 48.5 Å². The number of hydrogen-bond donors (Lipinski definition) is 0. The van der Waals surface area contributed by atoms with Crippen molar-refractivity contribution in [3.8, 4) is 45.6 Å². The van der Waals surface area contributed by atoms with Gasteiger partial charge in [0.1, 0.15) is 5.75 Å². The second kappa shape index (κ2) is 12.2. The second-order valence-electron chi connectivity index (χ2n) is 6.88. The molecule has 0 radical (unpaired) electrons. The van der Waals surface area contributed by atoms with Crippen LogP contribution in [0.5, 0.6) is 34.5 Å². The molecule has 0 unspecified atom stereocenters. The Morgan fingerprint density at radius 1 is 0.613 bits per heavy atom. The molecule has 0 amide bonds. The first-order valence-electron chi connectivity index (χ1n) is 11.2. The van der Waals surface area contributed by atoms with E-state index in [9.17, 15) is 0 Å². The Morgan fingerprint density at radius 2 is 1.03 bits per heavy atom. The molecule has 0 aromatic heterocycles. The van der Waals surface area contributed by atoms with Crippen LogP contribution in [-0.4, -0.2) is 39.1 Å². The van der Waals surface area contributed by atoms with Gasteiger partial charge in [0, 0.05) is 0 Å². The minimum Gasteiger partial charge on any atom is -0.491 e. The maximum atomic E-state index is 6.12. The molecule has 2 aromatic rings. The van der Waals surface area contributed by atoms with Crippen molar-refractivity contribution < 1.29 is 28.4 Å². The van der Waals surface area contributed by atoms with E-state index in [1.165, 1.54) is 0 Å². The molecule has 172 valence electrons. The van der Waals surface area contributed by atoms with Gasteiger partial charge >= 0.3 is 0 Å². The van der Waals surface area contributed by atoms with Gasteiger partial charge in [0.05, 0.1) is 44.7 Å². The van der Waals surface area contributed by atoms with Gasteiger partial charge in [-0.3, -0.25) is 0 Å². The molecular weight excluding hydrogens is 396 g/mol. The minimum atomic E-state index is 0.0614. The third kappa shape index (κ3) is 5.90. The van der Waals surface area contributed by atoms with Gasteiger partial charge in [-0.15, -0.1) is 0 Å². The SMILES string of the molecule is CCOc1c(OCC)c(OCC)c(-c2cccc(OC(C)C)c2)c(OCC)c1OCC. The van der Waals surface area contributed by atoms with Crippen LogP contribution in [0.2, 0.25) is 0 Å². The van der Waals surface area contributed by atoms with E-state index in [4.69, 9.17) is 28.4 Å². The summed E-state index contributed by atoms with van der Waals surface area (Å²) in [5.41, 5.74) is 1.64. The molecule has 0 aliphatic heterocycles. The number of benzene rings is 2. The van der Waals surface area contributed by atoms with Crippen LogP contribution in [0.15, 0.2) is 24.3 Å². The summed E-state index contributed by atoms with van der Waals surface area (Å²) in [6.07, 6.45) is 0.0614. The van der Waals surface area contributed by atoms with Crippen molar-refractivity contribution in [3.05, 3.63) is 24.3 Å². The lowest BCUT2D eigenvalue weighted by Gasteiger charge is -2.25. The van der Waals surface area contributed by atoms with Crippen molar-refractivity contribution in [2.75, 3.05) is 33.0 Å². The van der Waals surface area contributed by atoms with Crippen molar-refractivity contribution in [1.29, 1.82) is 0 Å². The van der Waals surface area contributed by atoms with Crippen molar-refractivity contribution in [2.24, 2.45) is 0 Å². The smallest absolute Gasteiger partial charge is 0.211 e. The van der Waals surface area contributed by atoms with E-state index >= 15 is 0 Å². The molecule has 0 spiro atoms. The number of hydrogen-bond acceptors (Lipinski definition) is 6. The lowest BCUT2D eigenvalue weighted by atomic mass is 10.0. The molecule has 0 saturated carbocycles. The Balaban J connectivity index is 2.91. The summed E-state index contributed by atoms with van der Waals surface area (Å²) in [7, 11) is 0. The first-order valence-corrected chi connectivity index (χ1v) is 11.2. The summed E-state index contributed by atoms with van der Waals surface area (Å²) in [5.74, 6) is 3.44. The van der Waals surface area contributed by atoms with Crippen molar-refractivity contribution in [1.82, 2.24) is 0 Å². The van der Waals surface area contributed by atoms with E-state index in [1.807, 2.05) is 72.7 Å². The third-order valence-corrected chi connectivity index (χ3v) is 4.22. The third-order valence-electron chi connectivity index (χ3n) is 4.22. The topological polar surface area (TPSA) is 55.4 Å². The highest BCUT2D eigenvalue weighted by atomic mass is 16.6. The molecule has 0 bridgehead atoms. The molecule has 2 aromatic carbocycles. The van der Waals surface area contributed by atoms with Crippen LogP contribution in [0.3, 0.4) is 0 Å². The van der Waals surface area contributed by atoms with Gasteiger partial charge in [-0.1, -0.05) is 12.1 Å². The molecule has 0 aliphatic carbocycles. The number of ether oxygens (including phenoxy) is 6. The maximum absolute atomic E-state index is 6.12. The second-order valence-corrected chi connectivity index (χ2v) is 6.88. The van der Waals surface area contributed by atoms with Gasteiger partial charge in [-0.2, -0.15) is 0 Å². The highest BCUT2D eigenvalue weighted by Gasteiger charge is 2.31. The zero-order valence-corrected chi connectivity index (χ0v) is 19.9. The van der Waals surface area contributed by atoms with Gasteiger partial charge in [0.25, 0.3) is 0 Å². The van der Waals surface area contributed by atoms with Gasteiger partial charge in [0.15, 0.2) is 11.5 Å². The molecule has 0 atom stereocenters. The Bertz CT molecular complexity index is 794. The van der Waals surface area contributed by atoms with Gasteiger partial charge in [0.2, 0.25) is 17.2 Å². The highest BCUT2D eigenvalue weighted by Crippen LogP contribution is 2.57. The van der Waals surface area contributed by atoms with E-state index in [0.29, 0.717) is 61.8 Å². The molecule has 6 nitrogen and oxygen atoms in total. The fourth-order valence-corrected chi connectivity index (χ4v) is 3.29. The minimum absolute atomic E-state index is 0.0614. The standard InChI is InChI=1S/C25H36O6/c1-8-26-21-20(18-14-13-15-19(16-18)31-17(6)7)22(27-9-2)24(29-11-4)25(30-12-5)23(21)28-10-3/h13-17H,8-12H2,1-7H3. The summed E-state index contributed by atoms with van der Waals surface area (Å²) in [6.45, 7) is 15.9. The lowest BCUT2D eigenvalue weighted by molar-refractivity contribution is 0.232. The molecule has 31 heavy (non-hydrogen) atoms. The summed E-state index contributed by atoms with van der Waals surface area (Å²) >= 11 is 0. The van der Waals surface area contributed by atoms with Gasteiger partial charge in [-0.25, -0.2) is 0 Å². The zero-order chi connectivity index (χ0) is 22.8. The summed E-state index contributed by atoms with van der Waals surface area (Å²) in [6, 6.07) is 7.87. The van der Waals surface area contributed by atoms with Crippen molar-refractivity contribution >= 4 is 0 Å². The Labute approximate surface area is 186 Å². The van der Waals surface area contributed by atoms with Crippen LogP contribution in [-0.2, 0) is 0 Å². The summed E-state index contributed by atoms with van der Waals surface area (Å²) in [4.78, 5) is 0. The van der Waals surface area contributed by atoms with E-state index in [0.717, 1.165) is 16.9 Å². The summed E-state index contributed by atoms with van der Waals surface area (Å²) in [5, 5.41) is 0. The predicted octanol–water partition coefficient (Wildman–Crippen LogP) is 6.13. The van der Waals surface area contributed by atoms with Crippen LogP contribution in [0, 0.1) is 0 Å². The monoisotopic (exact) mass is 432 g/mol. The molecular formula is C25H36O6. The van der Waals surface area contributed by atoms with E-state index in [-0.39, 0.29) is 6.10 Å². The molecule has 0 N–H and O–H groups in total. The van der Waals surface area contributed by atoms with E-state index in [2.05, 4.69) is 0 Å². The van der Waals surface area contributed by atoms with E-state index < -0.39 is 0 Å². The van der Waals surface area contributed by atoms with Crippen molar-refractivity contribution in [2.45, 2.75) is 54.6 Å². The van der Waals surface area contributed by atoms with Crippen LogP contribution in [0.4, 0.5) is 0 Å². The predicted molar refractivity (Wildman–Crippen MR) is 123 cm³/mol. The average Bonchev–Trinajstić information content (AvgIpc) is 2.73. The first kappa shape index (κ1) is 24.5. The largest absolute Gasteiger partial charge is 0.491 e.